The van der Waals surface area contributed by atoms with Crippen LogP contribution in [0.2, 0.25) is 0 Å². The second-order valence-electron chi connectivity index (χ2n) is 2.94. The highest BCUT2D eigenvalue weighted by Crippen LogP contribution is 2.22. The molecule has 0 fully saturated rings. The second kappa shape index (κ2) is 3.18. The van der Waals surface area contributed by atoms with E-state index in [1.165, 1.54) is 16.9 Å². The molecule has 2 nitrogen and oxygen atoms in total. The largest absolute Gasteiger partial charge is 0.375 e. The van der Waals surface area contributed by atoms with Gasteiger partial charge in [0.25, 0.3) is 0 Å². The van der Waals surface area contributed by atoms with Crippen molar-refractivity contribution in [3.8, 4) is 11.3 Å². The Morgan fingerprint density at radius 1 is 1.31 bits per heavy atom. The standard InChI is InChI=1S/C10H10N2S.H2/c1-7-2-4-8(5-3-7)9-6-13-10(11)12-9;/h2-6H,1H3,(H2,11,12);1H. The van der Waals surface area contributed by atoms with Gasteiger partial charge in [0.2, 0.25) is 0 Å². The first-order valence-corrected chi connectivity index (χ1v) is 4.92. The van der Waals surface area contributed by atoms with Gasteiger partial charge in [-0.15, -0.1) is 11.3 Å². The Balaban J connectivity index is 0.000000980. The first kappa shape index (κ1) is 8.26. The van der Waals surface area contributed by atoms with E-state index in [2.05, 4.69) is 36.2 Å². The number of nitrogens with two attached hydrogens (primary N) is 1. The maximum absolute atomic E-state index is 5.55. The molecule has 2 N–H and O–H groups in total. The topological polar surface area (TPSA) is 38.9 Å². The Hall–Kier alpha value is -1.35. The molecule has 13 heavy (non-hydrogen) atoms. The SMILES string of the molecule is Cc1ccc(-c2csc(N)n2)cc1.[HH]. The summed E-state index contributed by atoms with van der Waals surface area (Å²) in [5.74, 6) is 0. The molecule has 1 aromatic heterocycles. The van der Waals surface area contributed by atoms with Crippen LogP contribution in [0.1, 0.15) is 6.99 Å². The van der Waals surface area contributed by atoms with E-state index < -0.39 is 0 Å². The van der Waals surface area contributed by atoms with Gasteiger partial charge >= 0.3 is 0 Å². The van der Waals surface area contributed by atoms with Gasteiger partial charge in [0.1, 0.15) is 0 Å². The Labute approximate surface area is 82.5 Å². The van der Waals surface area contributed by atoms with Crippen LogP contribution in [0.15, 0.2) is 29.6 Å². The quantitative estimate of drug-likeness (QED) is 0.754. The van der Waals surface area contributed by atoms with Gasteiger partial charge < -0.3 is 5.73 Å². The number of benzene rings is 1. The number of aryl methyl sites for hydroxylation is 1. The van der Waals surface area contributed by atoms with Crippen LogP contribution in [-0.2, 0) is 0 Å². The van der Waals surface area contributed by atoms with Gasteiger partial charge in [-0.25, -0.2) is 4.98 Å². The average molecular weight is 192 g/mol. The Morgan fingerprint density at radius 2 is 2.00 bits per heavy atom. The summed E-state index contributed by atoms with van der Waals surface area (Å²) in [6.45, 7) is 2.07. The number of hydrogen-bond acceptors (Lipinski definition) is 3. The lowest BCUT2D eigenvalue weighted by Gasteiger charge is -1.96. The van der Waals surface area contributed by atoms with E-state index >= 15 is 0 Å². The summed E-state index contributed by atoms with van der Waals surface area (Å²) in [4.78, 5) is 4.21. The molecular formula is C10H12N2S. The minimum Gasteiger partial charge on any atom is -0.375 e. The van der Waals surface area contributed by atoms with E-state index in [0.717, 1.165) is 11.3 Å². The third-order valence-corrected chi connectivity index (χ3v) is 2.54. The lowest BCUT2D eigenvalue weighted by molar-refractivity contribution is 1.39. The molecule has 3 heteroatoms. The van der Waals surface area contributed by atoms with Crippen LogP contribution in [0.5, 0.6) is 0 Å². The van der Waals surface area contributed by atoms with Crippen LogP contribution in [0, 0.1) is 6.92 Å². The molecule has 2 aromatic rings. The number of nitrogen functional groups attached to an aromatic ring is 1. The summed E-state index contributed by atoms with van der Waals surface area (Å²) < 4.78 is 0. The molecule has 0 atom stereocenters. The number of aromatic nitrogens is 1. The van der Waals surface area contributed by atoms with Crippen molar-refractivity contribution < 1.29 is 1.43 Å². The molecule has 2 rings (SSSR count). The zero-order valence-corrected chi connectivity index (χ0v) is 8.14. The van der Waals surface area contributed by atoms with Gasteiger partial charge in [-0.2, -0.15) is 0 Å². The molecule has 0 unspecified atom stereocenters. The van der Waals surface area contributed by atoms with Gasteiger partial charge in [0.15, 0.2) is 5.13 Å². The lowest BCUT2D eigenvalue weighted by atomic mass is 10.1. The van der Waals surface area contributed by atoms with Gasteiger partial charge in [-0.3, -0.25) is 0 Å². The normalized spacial score (nSPS) is 10.2. The summed E-state index contributed by atoms with van der Waals surface area (Å²) >= 11 is 1.47. The minimum absolute atomic E-state index is 0. The fraction of sp³-hybridized carbons (Fsp3) is 0.100. The molecule has 1 heterocycles. The predicted molar refractivity (Wildman–Crippen MR) is 58.8 cm³/mol. The van der Waals surface area contributed by atoms with E-state index in [4.69, 9.17) is 5.73 Å². The number of thiazole rings is 1. The fourth-order valence-electron chi connectivity index (χ4n) is 1.14. The number of hydrogen-bond donors (Lipinski definition) is 1. The van der Waals surface area contributed by atoms with E-state index in [9.17, 15) is 0 Å². The van der Waals surface area contributed by atoms with Crippen LogP contribution in [0.4, 0.5) is 5.13 Å². The molecule has 0 saturated heterocycles. The van der Waals surface area contributed by atoms with Crippen molar-refractivity contribution >= 4 is 16.5 Å². The summed E-state index contributed by atoms with van der Waals surface area (Å²) in [7, 11) is 0. The first-order valence-electron chi connectivity index (χ1n) is 4.04. The van der Waals surface area contributed by atoms with E-state index in [0.29, 0.717) is 5.13 Å². The average Bonchev–Trinajstić information content (AvgIpc) is 2.53. The molecule has 68 valence electrons. The fourth-order valence-corrected chi connectivity index (χ4v) is 1.72. The third-order valence-electron chi connectivity index (χ3n) is 1.87. The first-order chi connectivity index (χ1) is 6.25. The predicted octanol–water partition coefficient (Wildman–Crippen LogP) is 2.95. The van der Waals surface area contributed by atoms with E-state index in [1.54, 1.807) is 0 Å². The van der Waals surface area contributed by atoms with Crippen LogP contribution < -0.4 is 5.73 Å². The highest BCUT2D eigenvalue weighted by Gasteiger charge is 2.00. The van der Waals surface area contributed by atoms with Gasteiger partial charge in [0, 0.05) is 12.4 Å². The maximum atomic E-state index is 5.55. The Bertz CT molecular complexity index is 408. The van der Waals surface area contributed by atoms with Crippen LogP contribution >= 0.6 is 11.3 Å². The summed E-state index contributed by atoms with van der Waals surface area (Å²) in [6.07, 6.45) is 0. The number of anilines is 1. The minimum atomic E-state index is 0. The molecular weight excluding hydrogens is 180 g/mol. The van der Waals surface area contributed by atoms with Crippen molar-refractivity contribution in [2.45, 2.75) is 6.92 Å². The van der Waals surface area contributed by atoms with Crippen LogP contribution in [0.3, 0.4) is 0 Å². The zero-order chi connectivity index (χ0) is 9.26. The van der Waals surface area contributed by atoms with E-state index in [-0.39, 0.29) is 1.43 Å². The molecule has 0 amide bonds. The molecule has 0 aliphatic heterocycles. The second-order valence-corrected chi connectivity index (χ2v) is 3.83. The Kier molecular flexibility index (Phi) is 2.02. The van der Waals surface area contributed by atoms with Crippen molar-refractivity contribution in [2.24, 2.45) is 0 Å². The van der Waals surface area contributed by atoms with Gasteiger partial charge in [-0.1, -0.05) is 29.8 Å². The molecule has 0 spiro atoms. The van der Waals surface area contributed by atoms with Crippen molar-refractivity contribution in [3.63, 3.8) is 0 Å². The summed E-state index contributed by atoms with van der Waals surface area (Å²) in [5.41, 5.74) is 8.89. The Morgan fingerprint density at radius 3 is 2.54 bits per heavy atom. The van der Waals surface area contributed by atoms with Gasteiger partial charge in [0.05, 0.1) is 5.69 Å². The molecule has 1 aromatic carbocycles. The molecule has 0 aliphatic carbocycles. The maximum Gasteiger partial charge on any atom is 0.180 e. The summed E-state index contributed by atoms with van der Waals surface area (Å²) in [5, 5.41) is 2.59. The van der Waals surface area contributed by atoms with Crippen molar-refractivity contribution in [1.29, 1.82) is 0 Å². The zero-order valence-electron chi connectivity index (χ0n) is 7.32. The van der Waals surface area contributed by atoms with Crippen LogP contribution in [0.25, 0.3) is 11.3 Å². The molecule has 0 radical (unpaired) electrons. The van der Waals surface area contributed by atoms with Crippen molar-refractivity contribution in [2.75, 3.05) is 5.73 Å². The monoisotopic (exact) mass is 192 g/mol. The smallest absolute Gasteiger partial charge is 0.180 e. The van der Waals surface area contributed by atoms with Gasteiger partial charge in [-0.05, 0) is 6.92 Å². The molecule has 0 saturated carbocycles. The molecule has 0 aliphatic rings. The van der Waals surface area contributed by atoms with Crippen molar-refractivity contribution in [3.05, 3.63) is 35.2 Å². The highest BCUT2D eigenvalue weighted by molar-refractivity contribution is 7.13. The highest BCUT2D eigenvalue weighted by atomic mass is 32.1. The lowest BCUT2D eigenvalue weighted by Crippen LogP contribution is -1.82. The number of nitrogens with zero attached hydrogens (tertiary/aromatic N) is 1. The number of rotatable bonds is 1. The molecule has 0 bridgehead atoms. The summed E-state index contributed by atoms with van der Waals surface area (Å²) in [6, 6.07) is 8.27. The van der Waals surface area contributed by atoms with Crippen molar-refractivity contribution in [1.82, 2.24) is 4.98 Å². The van der Waals surface area contributed by atoms with E-state index in [1.807, 2.05) is 5.38 Å². The van der Waals surface area contributed by atoms with Crippen LogP contribution in [-0.4, -0.2) is 4.98 Å². The third kappa shape index (κ3) is 1.70.